The van der Waals surface area contributed by atoms with Crippen LogP contribution in [0.15, 0.2) is 42.5 Å². The maximum absolute atomic E-state index is 12.3. The van der Waals surface area contributed by atoms with Gasteiger partial charge in [-0.1, -0.05) is 42.5 Å². The monoisotopic (exact) mass is 365 g/mol. The van der Waals surface area contributed by atoms with Gasteiger partial charge in [-0.05, 0) is 42.0 Å². The van der Waals surface area contributed by atoms with E-state index in [0.717, 1.165) is 48.3 Å². The van der Waals surface area contributed by atoms with Crippen molar-refractivity contribution in [3.8, 4) is 0 Å². The Morgan fingerprint density at radius 2 is 1.67 bits per heavy atom. The van der Waals surface area contributed by atoms with Gasteiger partial charge in [0.05, 0.1) is 13.0 Å². The van der Waals surface area contributed by atoms with Crippen LogP contribution in [-0.2, 0) is 16.0 Å². The molecule has 0 unspecified atom stereocenters. The van der Waals surface area contributed by atoms with Gasteiger partial charge >= 0.3 is 0 Å². The van der Waals surface area contributed by atoms with Crippen LogP contribution in [0.5, 0.6) is 0 Å². The maximum Gasteiger partial charge on any atom is 0.239 e. The Labute approximate surface area is 160 Å². The molecular formula is C22H27N3O2. The fourth-order valence-electron chi connectivity index (χ4n) is 3.99. The average Bonchev–Trinajstić information content (AvgIpc) is 3.53. The SMILES string of the molecule is O=C(Cc1cccc2ccccc12)NCC(=O)NC1CCN(C2CC2)CC1. The summed E-state index contributed by atoms with van der Waals surface area (Å²) in [5.41, 5.74) is 0.985. The highest BCUT2D eigenvalue weighted by Crippen LogP contribution is 2.29. The molecule has 1 aliphatic heterocycles. The Bertz CT molecular complexity index is 818. The molecule has 0 bridgehead atoms. The summed E-state index contributed by atoms with van der Waals surface area (Å²) in [5.74, 6) is -0.212. The number of nitrogens with one attached hydrogen (secondary N) is 2. The molecule has 1 saturated heterocycles. The summed E-state index contributed by atoms with van der Waals surface area (Å²) in [6.45, 7) is 2.19. The molecule has 4 rings (SSSR count). The van der Waals surface area contributed by atoms with E-state index in [1.807, 2.05) is 42.5 Å². The summed E-state index contributed by atoms with van der Waals surface area (Å²) in [6, 6.07) is 15.0. The standard InChI is InChI=1S/C22H27N3O2/c26-21(14-17-6-3-5-16-4-1-2-7-20(16)17)23-15-22(27)24-18-10-12-25(13-11-18)19-8-9-19/h1-7,18-19H,8-15H2,(H,23,26)(H,24,27). The lowest BCUT2D eigenvalue weighted by Gasteiger charge is -2.32. The molecule has 142 valence electrons. The minimum absolute atomic E-state index is 0.0481. The highest BCUT2D eigenvalue weighted by molar-refractivity contribution is 5.91. The van der Waals surface area contributed by atoms with Crippen molar-refractivity contribution in [2.24, 2.45) is 0 Å². The number of hydrogen-bond acceptors (Lipinski definition) is 3. The smallest absolute Gasteiger partial charge is 0.239 e. The second-order valence-electron chi connectivity index (χ2n) is 7.70. The third-order valence-electron chi connectivity index (χ3n) is 5.63. The molecule has 1 aliphatic carbocycles. The Balaban J connectivity index is 1.22. The fraction of sp³-hybridized carbons (Fsp3) is 0.455. The number of likely N-dealkylation sites (tertiary alicyclic amines) is 1. The fourth-order valence-corrected chi connectivity index (χ4v) is 3.99. The molecular weight excluding hydrogens is 338 g/mol. The molecule has 5 nitrogen and oxygen atoms in total. The second kappa shape index (κ2) is 8.09. The predicted octanol–water partition coefficient (Wildman–Crippen LogP) is 2.24. The summed E-state index contributed by atoms with van der Waals surface area (Å²) >= 11 is 0. The Hall–Kier alpha value is -2.40. The van der Waals surface area contributed by atoms with Crippen molar-refractivity contribution in [1.82, 2.24) is 15.5 Å². The van der Waals surface area contributed by atoms with E-state index in [4.69, 9.17) is 0 Å². The van der Waals surface area contributed by atoms with Crippen molar-refractivity contribution in [3.63, 3.8) is 0 Å². The maximum atomic E-state index is 12.3. The third-order valence-corrected chi connectivity index (χ3v) is 5.63. The number of carbonyl (C=O) groups is 2. The van der Waals surface area contributed by atoms with Gasteiger partial charge in [0.25, 0.3) is 0 Å². The van der Waals surface area contributed by atoms with Gasteiger partial charge in [0, 0.05) is 25.2 Å². The Morgan fingerprint density at radius 1 is 0.926 bits per heavy atom. The van der Waals surface area contributed by atoms with Gasteiger partial charge in [-0.3, -0.25) is 9.59 Å². The molecule has 2 aliphatic rings. The van der Waals surface area contributed by atoms with Crippen LogP contribution in [0.1, 0.15) is 31.2 Å². The minimum atomic E-state index is -0.120. The molecule has 2 aromatic rings. The van der Waals surface area contributed by atoms with Crippen molar-refractivity contribution in [3.05, 3.63) is 48.0 Å². The molecule has 2 aromatic carbocycles. The number of benzene rings is 2. The average molecular weight is 365 g/mol. The molecule has 2 fully saturated rings. The highest BCUT2D eigenvalue weighted by Gasteiger charge is 2.32. The van der Waals surface area contributed by atoms with Gasteiger partial charge in [0.15, 0.2) is 0 Å². The summed E-state index contributed by atoms with van der Waals surface area (Å²) in [6.07, 6.45) is 4.96. The van der Waals surface area contributed by atoms with Gasteiger partial charge in [-0.25, -0.2) is 0 Å². The van der Waals surface area contributed by atoms with Crippen LogP contribution in [-0.4, -0.2) is 48.4 Å². The Morgan fingerprint density at radius 3 is 2.44 bits per heavy atom. The molecule has 2 amide bonds. The number of carbonyl (C=O) groups excluding carboxylic acids is 2. The molecule has 1 heterocycles. The van der Waals surface area contributed by atoms with E-state index in [2.05, 4.69) is 15.5 Å². The van der Waals surface area contributed by atoms with Crippen LogP contribution in [0.2, 0.25) is 0 Å². The minimum Gasteiger partial charge on any atom is -0.352 e. The summed E-state index contributed by atoms with van der Waals surface area (Å²) in [7, 11) is 0. The largest absolute Gasteiger partial charge is 0.352 e. The lowest BCUT2D eigenvalue weighted by atomic mass is 10.0. The van der Waals surface area contributed by atoms with Crippen LogP contribution in [0.4, 0.5) is 0 Å². The van der Waals surface area contributed by atoms with Crippen LogP contribution < -0.4 is 10.6 Å². The van der Waals surface area contributed by atoms with Crippen molar-refractivity contribution in [2.75, 3.05) is 19.6 Å². The van der Waals surface area contributed by atoms with E-state index in [-0.39, 0.29) is 30.8 Å². The van der Waals surface area contributed by atoms with E-state index >= 15 is 0 Å². The van der Waals surface area contributed by atoms with E-state index in [1.165, 1.54) is 12.8 Å². The van der Waals surface area contributed by atoms with Crippen LogP contribution in [0, 0.1) is 0 Å². The van der Waals surface area contributed by atoms with E-state index < -0.39 is 0 Å². The van der Waals surface area contributed by atoms with Crippen molar-refractivity contribution in [2.45, 2.75) is 44.2 Å². The van der Waals surface area contributed by atoms with Gasteiger partial charge in [0.1, 0.15) is 0 Å². The molecule has 2 N–H and O–H groups in total. The van der Waals surface area contributed by atoms with Crippen LogP contribution in [0.25, 0.3) is 10.8 Å². The van der Waals surface area contributed by atoms with Crippen molar-refractivity contribution in [1.29, 1.82) is 0 Å². The number of amides is 2. The number of nitrogens with zero attached hydrogens (tertiary/aromatic N) is 1. The molecule has 0 radical (unpaired) electrons. The third kappa shape index (κ3) is 4.66. The lowest BCUT2D eigenvalue weighted by molar-refractivity contribution is -0.126. The van der Waals surface area contributed by atoms with Gasteiger partial charge in [-0.15, -0.1) is 0 Å². The normalized spacial score (nSPS) is 18.4. The van der Waals surface area contributed by atoms with Gasteiger partial charge < -0.3 is 15.5 Å². The Kier molecular flexibility index (Phi) is 5.39. The quantitative estimate of drug-likeness (QED) is 0.825. The van der Waals surface area contributed by atoms with Crippen molar-refractivity contribution < 1.29 is 9.59 Å². The molecule has 5 heteroatoms. The zero-order chi connectivity index (χ0) is 18.6. The number of hydrogen-bond donors (Lipinski definition) is 2. The first-order valence-corrected chi connectivity index (χ1v) is 9.96. The number of piperidine rings is 1. The zero-order valence-corrected chi connectivity index (χ0v) is 15.6. The summed E-state index contributed by atoms with van der Waals surface area (Å²) < 4.78 is 0. The van der Waals surface area contributed by atoms with E-state index in [0.29, 0.717) is 0 Å². The summed E-state index contributed by atoms with van der Waals surface area (Å²) in [4.78, 5) is 27.0. The zero-order valence-electron chi connectivity index (χ0n) is 15.6. The molecule has 1 saturated carbocycles. The molecule has 0 aromatic heterocycles. The molecule has 27 heavy (non-hydrogen) atoms. The lowest BCUT2D eigenvalue weighted by Crippen LogP contribution is -2.48. The summed E-state index contributed by atoms with van der Waals surface area (Å²) in [5, 5.41) is 8.04. The van der Waals surface area contributed by atoms with Gasteiger partial charge in [-0.2, -0.15) is 0 Å². The molecule has 0 spiro atoms. The predicted molar refractivity (Wildman–Crippen MR) is 106 cm³/mol. The topological polar surface area (TPSA) is 61.4 Å². The van der Waals surface area contributed by atoms with Crippen molar-refractivity contribution >= 4 is 22.6 Å². The van der Waals surface area contributed by atoms with E-state index in [9.17, 15) is 9.59 Å². The number of fused-ring (bicyclic) bond motifs is 1. The van der Waals surface area contributed by atoms with Crippen LogP contribution in [0.3, 0.4) is 0 Å². The highest BCUT2D eigenvalue weighted by atomic mass is 16.2. The van der Waals surface area contributed by atoms with Gasteiger partial charge in [0.2, 0.25) is 11.8 Å². The first-order valence-electron chi connectivity index (χ1n) is 9.96. The van der Waals surface area contributed by atoms with Crippen LogP contribution >= 0.6 is 0 Å². The number of rotatable bonds is 6. The molecule has 0 atom stereocenters. The second-order valence-corrected chi connectivity index (χ2v) is 7.70. The first kappa shape index (κ1) is 18.0. The first-order chi connectivity index (χ1) is 13.2. The van der Waals surface area contributed by atoms with E-state index in [1.54, 1.807) is 0 Å².